The van der Waals surface area contributed by atoms with Crippen LogP contribution in [0.2, 0.25) is 0 Å². The van der Waals surface area contributed by atoms with Crippen LogP contribution in [0.3, 0.4) is 0 Å². The average Bonchev–Trinajstić information content (AvgIpc) is 3.00. The van der Waals surface area contributed by atoms with Gasteiger partial charge in [-0.3, -0.25) is 0 Å². The molecule has 0 aliphatic rings. The van der Waals surface area contributed by atoms with Crippen molar-refractivity contribution in [1.82, 2.24) is 9.97 Å². The zero-order valence-corrected chi connectivity index (χ0v) is 16.8. The minimum absolute atomic E-state index is 0.848. The van der Waals surface area contributed by atoms with Crippen LogP contribution >= 0.6 is 11.3 Å². The first-order valence-electron chi connectivity index (χ1n) is 8.91. The van der Waals surface area contributed by atoms with E-state index in [-0.39, 0.29) is 0 Å². The molecule has 4 aromatic rings. The fourth-order valence-corrected chi connectivity index (χ4v) is 4.17. The number of nitrogens with zero attached hydrogens (tertiary/aromatic N) is 4. The van der Waals surface area contributed by atoms with Gasteiger partial charge in [0.15, 0.2) is 11.6 Å². The number of hydrogen-bond donors (Lipinski definition) is 0. The normalized spacial score (nSPS) is 11.0. The van der Waals surface area contributed by atoms with Crippen LogP contribution < -0.4 is 9.80 Å². The summed E-state index contributed by atoms with van der Waals surface area (Å²) in [6.45, 7) is 4.23. The minimum atomic E-state index is 0.848. The van der Waals surface area contributed by atoms with E-state index >= 15 is 0 Å². The molecule has 136 valence electrons. The summed E-state index contributed by atoms with van der Waals surface area (Å²) in [5.41, 5.74) is 4.14. The van der Waals surface area contributed by atoms with Gasteiger partial charge in [-0.1, -0.05) is 36.4 Å². The van der Waals surface area contributed by atoms with Gasteiger partial charge in [0.25, 0.3) is 0 Å². The first kappa shape index (κ1) is 17.5. The fraction of sp³-hybridized carbons (Fsp3) is 0.182. The van der Waals surface area contributed by atoms with Crippen LogP contribution in [0.4, 0.5) is 23.0 Å². The molecule has 4 nitrogen and oxygen atoms in total. The molecule has 0 saturated carbocycles. The third kappa shape index (κ3) is 3.15. The van der Waals surface area contributed by atoms with Crippen molar-refractivity contribution in [2.75, 3.05) is 23.9 Å². The summed E-state index contributed by atoms with van der Waals surface area (Å²) < 4.78 is 0. The van der Waals surface area contributed by atoms with E-state index in [1.54, 1.807) is 11.3 Å². The van der Waals surface area contributed by atoms with Crippen LogP contribution in [0.25, 0.3) is 11.0 Å². The first-order chi connectivity index (χ1) is 13.1. The monoisotopic (exact) mass is 374 g/mol. The maximum Gasteiger partial charge on any atom is 0.177 e. The molecule has 0 unspecified atom stereocenters. The summed E-state index contributed by atoms with van der Waals surface area (Å²) in [6.07, 6.45) is 0. The maximum absolute atomic E-state index is 5.05. The molecule has 0 amide bonds. The summed E-state index contributed by atoms with van der Waals surface area (Å²) >= 11 is 1.75. The third-order valence-electron chi connectivity index (χ3n) is 4.76. The average molecular weight is 375 g/mol. The highest BCUT2D eigenvalue weighted by Crippen LogP contribution is 2.37. The van der Waals surface area contributed by atoms with E-state index in [0.717, 1.165) is 34.0 Å². The second-order valence-corrected chi connectivity index (χ2v) is 8.00. The lowest BCUT2D eigenvalue weighted by atomic mass is 10.2. The molecule has 2 aromatic carbocycles. The third-order valence-corrected chi connectivity index (χ3v) is 5.75. The molecule has 0 atom stereocenters. The van der Waals surface area contributed by atoms with Crippen LogP contribution in [0.1, 0.15) is 9.75 Å². The van der Waals surface area contributed by atoms with Crippen LogP contribution in [0.5, 0.6) is 0 Å². The molecule has 0 aliphatic heterocycles. The van der Waals surface area contributed by atoms with Crippen molar-refractivity contribution in [2.45, 2.75) is 13.8 Å². The van der Waals surface area contributed by atoms with Gasteiger partial charge in [0, 0.05) is 35.2 Å². The van der Waals surface area contributed by atoms with Gasteiger partial charge in [-0.05, 0) is 38.1 Å². The van der Waals surface area contributed by atoms with Crippen molar-refractivity contribution in [3.63, 3.8) is 0 Å². The standard InChI is InChI=1S/C22H22N4S/c1-15-19-20(16(2)27-15)24-22(26(4)18-13-9-6-10-14-18)21(23-19)25(3)17-11-7-5-8-12-17/h5-14H,1-4H3. The van der Waals surface area contributed by atoms with E-state index in [0.29, 0.717) is 0 Å². The predicted molar refractivity (Wildman–Crippen MR) is 116 cm³/mol. The molecular weight excluding hydrogens is 352 g/mol. The molecule has 0 bridgehead atoms. The Kier molecular flexibility index (Phi) is 4.54. The van der Waals surface area contributed by atoms with Crippen molar-refractivity contribution in [2.24, 2.45) is 0 Å². The molecule has 0 saturated heterocycles. The Morgan fingerprint density at radius 2 is 1.00 bits per heavy atom. The smallest absolute Gasteiger partial charge is 0.177 e. The Bertz CT molecular complexity index is 988. The van der Waals surface area contributed by atoms with E-state index in [1.165, 1.54) is 9.75 Å². The molecule has 0 N–H and O–H groups in total. The molecule has 0 fully saturated rings. The van der Waals surface area contributed by atoms with E-state index in [1.807, 2.05) is 50.5 Å². The SMILES string of the molecule is Cc1sc(C)c2nc(N(C)c3ccccc3)c(N(C)c3ccccc3)nc12. The highest BCUT2D eigenvalue weighted by atomic mass is 32.1. The van der Waals surface area contributed by atoms with Gasteiger partial charge in [0.05, 0.1) is 0 Å². The van der Waals surface area contributed by atoms with Crippen molar-refractivity contribution < 1.29 is 0 Å². The van der Waals surface area contributed by atoms with Crippen LogP contribution in [-0.4, -0.2) is 24.1 Å². The van der Waals surface area contributed by atoms with Crippen LogP contribution in [0, 0.1) is 13.8 Å². The topological polar surface area (TPSA) is 32.3 Å². The van der Waals surface area contributed by atoms with E-state index in [2.05, 4.69) is 47.9 Å². The fourth-order valence-electron chi connectivity index (χ4n) is 3.23. The zero-order chi connectivity index (χ0) is 19.0. The summed E-state index contributed by atoms with van der Waals surface area (Å²) in [4.78, 5) is 16.7. The summed E-state index contributed by atoms with van der Waals surface area (Å²) in [7, 11) is 4.09. The van der Waals surface area contributed by atoms with Gasteiger partial charge < -0.3 is 9.80 Å². The lowest BCUT2D eigenvalue weighted by Gasteiger charge is -2.26. The molecule has 4 rings (SSSR count). The largest absolute Gasteiger partial charge is 0.326 e. The van der Waals surface area contributed by atoms with Crippen molar-refractivity contribution in [1.29, 1.82) is 0 Å². The van der Waals surface area contributed by atoms with Gasteiger partial charge in [-0.25, -0.2) is 9.97 Å². The Balaban J connectivity index is 1.93. The minimum Gasteiger partial charge on any atom is -0.326 e. The zero-order valence-electron chi connectivity index (χ0n) is 16.0. The van der Waals surface area contributed by atoms with Gasteiger partial charge in [-0.15, -0.1) is 11.3 Å². The summed E-state index contributed by atoms with van der Waals surface area (Å²) in [5, 5.41) is 0. The molecule has 2 aromatic heterocycles. The lowest BCUT2D eigenvalue weighted by Crippen LogP contribution is -2.19. The van der Waals surface area contributed by atoms with Crippen molar-refractivity contribution in [3.05, 3.63) is 70.4 Å². The molecular formula is C22H22N4S. The number of para-hydroxylation sites is 2. The number of rotatable bonds is 4. The predicted octanol–water partition coefficient (Wildman–Crippen LogP) is 5.84. The van der Waals surface area contributed by atoms with Crippen molar-refractivity contribution in [3.8, 4) is 0 Å². The Morgan fingerprint density at radius 1 is 0.630 bits per heavy atom. The second-order valence-electron chi connectivity index (χ2n) is 6.57. The Morgan fingerprint density at radius 3 is 1.37 bits per heavy atom. The van der Waals surface area contributed by atoms with Crippen molar-refractivity contribution >= 4 is 45.4 Å². The number of hydrogen-bond acceptors (Lipinski definition) is 5. The van der Waals surface area contributed by atoms with E-state index < -0.39 is 0 Å². The Labute approximate surface area is 163 Å². The quantitative estimate of drug-likeness (QED) is 0.449. The number of anilines is 4. The first-order valence-corrected chi connectivity index (χ1v) is 9.73. The number of fused-ring (bicyclic) bond motifs is 1. The summed E-state index contributed by atoms with van der Waals surface area (Å²) in [5.74, 6) is 1.70. The van der Waals surface area contributed by atoms with Crippen LogP contribution in [-0.2, 0) is 0 Å². The number of aryl methyl sites for hydroxylation is 2. The molecule has 0 radical (unpaired) electrons. The van der Waals surface area contributed by atoms with Crippen LogP contribution in [0.15, 0.2) is 60.7 Å². The van der Waals surface area contributed by atoms with E-state index in [9.17, 15) is 0 Å². The lowest BCUT2D eigenvalue weighted by molar-refractivity contribution is 1.06. The molecule has 27 heavy (non-hydrogen) atoms. The molecule has 0 spiro atoms. The summed E-state index contributed by atoms with van der Waals surface area (Å²) in [6, 6.07) is 20.6. The number of thiophene rings is 1. The molecule has 0 aliphatic carbocycles. The van der Waals surface area contributed by atoms with Gasteiger partial charge in [0.2, 0.25) is 0 Å². The van der Waals surface area contributed by atoms with E-state index in [4.69, 9.17) is 9.97 Å². The van der Waals surface area contributed by atoms with Gasteiger partial charge in [0.1, 0.15) is 11.0 Å². The highest BCUT2D eigenvalue weighted by Gasteiger charge is 2.21. The molecule has 5 heteroatoms. The van der Waals surface area contributed by atoms with Gasteiger partial charge in [-0.2, -0.15) is 0 Å². The molecule has 2 heterocycles. The highest BCUT2D eigenvalue weighted by molar-refractivity contribution is 7.13. The van der Waals surface area contributed by atoms with Gasteiger partial charge >= 0.3 is 0 Å². The number of aromatic nitrogens is 2. The second kappa shape index (κ2) is 7.00. The number of benzene rings is 2. The Hall–Kier alpha value is -2.92. The maximum atomic E-state index is 5.05.